The highest BCUT2D eigenvalue weighted by molar-refractivity contribution is 4.51. The average molecular weight is 106 g/mol. The first kappa shape index (κ1) is 6.84. The molecule has 2 unspecified atom stereocenters. The van der Waals surface area contributed by atoms with Crippen molar-refractivity contribution in [2.24, 2.45) is 11.6 Å². The summed E-state index contributed by atoms with van der Waals surface area (Å²) in [6, 6.07) is 0. The number of nitrogens with two attached hydrogens (primary N) is 2. The van der Waals surface area contributed by atoms with Crippen LogP contribution in [0.3, 0.4) is 0 Å². The third-order valence-electron chi connectivity index (χ3n) is 0.696. The molecule has 0 spiro atoms. The number of aliphatic hydroxyl groups is 1. The molecule has 7 heavy (non-hydrogen) atoms. The van der Waals surface area contributed by atoms with Crippen LogP contribution in [0.25, 0.3) is 0 Å². The highest BCUT2D eigenvalue weighted by Gasteiger charge is 2.05. The Labute approximate surface area is 42.0 Å². The van der Waals surface area contributed by atoms with Gasteiger partial charge in [0.1, 0.15) is 12.3 Å². The quantitative estimate of drug-likeness (QED) is 0.297. The Morgan fingerprint density at radius 2 is 2.14 bits per heavy atom. The maximum absolute atomic E-state index is 8.39. The molecule has 0 aliphatic rings. The fraction of sp³-hybridized carbons (Fsp3) is 1.00. The summed E-state index contributed by atoms with van der Waals surface area (Å²) in [6.45, 7) is 1.57. The van der Waals surface area contributed by atoms with Gasteiger partial charge in [-0.3, -0.25) is 4.84 Å². The molecule has 0 heterocycles. The van der Waals surface area contributed by atoms with Gasteiger partial charge in [0, 0.05) is 0 Å². The third kappa shape index (κ3) is 2.52. The molecule has 5 N–H and O–H groups in total. The number of hydrogen-bond acceptors (Lipinski definition) is 4. The standard InChI is InChI=1S/C3H10N2O2/c1-2(7-5)3(4)6/h2-3,6H,4-5H2,1H3. The lowest BCUT2D eigenvalue weighted by atomic mass is 10.4. The van der Waals surface area contributed by atoms with E-state index >= 15 is 0 Å². The summed E-state index contributed by atoms with van der Waals surface area (Å²) in [5, 5.41) is 8.39. The van der Waals surface area contributed by atoms with Gasteiger partial charge in [-0.05, 0) is 6.92 Å². The number of rotatable bonds is 2. The summed E-state index contributed by atoms with van der Waals surface area (Å²) >= 11 is 0. The second-order valence-corrected chi connectivity index (χ2v) is 1.33. The van der Waals surface area contributed by atoms with Gasteiger partial charge < -0.3 is 10.8 Å². The molecular weight excluding hydrogens is 96.0 g/mol. The predicted octanol–water partition coefficient (Wildman–Crippen LogP) is -1.46. The molecule has 2 atom stereocenters. The second-order valence-electron chi connectivity index (χ2n) is 1.33. The minimum absolute atomic E-state index is 0.486. The molecule has 0 aromatic rings. The van der Waals surface area contributed by atoms with E-state index in [4.69, 9.17) is 10.8 Å². The maximum atomic E-state index is 8.39. The van der Waals surface area contributed by atoms with E-state index < -0.39 is 12.3 Å². The van der Waals surface area contributed by atoms with Gasteiger partial charge in [0.2, 0.25) is 0 Å². The summed E-state index contributed by atoms with van der Waals surface area (Å²) in [4.78, 5) is 4.14. The van der Waals surface area contributed by atoms with Gasteiger partial charge in [-0.1, -0.05) is 0 Å². The summed E-state index contributed by atoms with van der Waals surface area (Å²) in [6.07, 6.45) is -1.47. The molecule has 0 saturated carbocycles. The number of hydrogen-bond donors (Lipinski definition) is 3. The van der Waals surface area contributed by atoms with Crippen LogP contribution in [0.15, 0.2) is 0 Å². The third-order valence-corrected chi connectivity index (χ3v) is 0.696. The average Bonchev–Trinajstić information content (AvgIpc) is 1.65. The van der Waals surface area contributed by atoms with Crippen molar-refractivity contribution in [3.05, 3.63) is 0 Å². The highest BCUT2D eigenvalue weighted by Crippen LogP contribution is 1.84. The van der Waals surface area contributed by atoms with Gasteiger partial charge in [0.15, 0.2) is 0 Å². The molecule has 0 saturated heterocycles. The zero-order valence-electron chi connectivity index (χ0n) is 4.16. The lowest BCUT2D eigenvalue weighted by molar-refractivity contribution is -0.0247. The zero-order chi connectivity index (χ0) is 5.86. The van der Waals surface area contributed by atoms with Crippen LogP contribution < -0.4 is 11.6 Å². The van der Waals surface area contributed by atoms with E-state index in [2.05, 4.69) is 10.7 Å². The first-order valence-electron chi connectivity index (χ1n) is 1.97. The Kier molecular flexibility index (Phi) is 2.86. The summed E-state index contributed by atoms with van der Waals surface area (Å²) < 4.78 is 0. The minimum atomic E-state index is -0.981. The first-order chi connectivity index (χ1) is 3.18. The van der Waals surface area contributed by atoms with Gasteiger partial charge in [-0.15, -0.1) is 0 Å². The SMILES string of the molecule is CC(ON)C(N)O. The Hall–Kier alpha value is -0.160. The highest BCUT2D eigenvalue weighted by atomic mass is 16.6. The Morgan fingerprint density at radius 3 is 2.14 bits per heavy atom. The normalized spacial score (nSPS) is 18.9. The van der Waals surface area contributed by atoms with Crippen LogP contribution in [0, 0.1) is 0 Å². The summed E-state index contributed by atoms with van der Waals surface area (Å²) in [5.74, 6) is 4.63. The van der Waals surface area contributed by atoms with Crippen molar-refractivity contribution >= 4 is 0 Å². The molecule has 0 aliphatic heterocycles. The van der Waals surface area contributed by atoms with Gasteiger partial charge in [0.05, 0.1) is 0 Å². The van der Waals surface area contributed by atoms with Crippen molar-refractivity contribution in [2.45, 2.75) is 19.3 Å². The fourth-order valence-electron chi connectivity index (χ4n) is 0.0805. The smallest absolute Gasteiger partial charge is 0.130 e. The van der Waals surface area contributed by atoms with Crippen LogP contribution in [0.4, 0.5) is 0 Å². The molecule has 4 nitrogen and oxygen atoms in total. The lowest BCUT2D eigenvalue weighted by Gasteiger charge is -2.09. The van der Waals surface area contributed by atoms with Crippen molar-refractivity contribution in [3.63, 3.8) is 0 Å². The van der Waals surface area contributed by atoms with Gasteiger partial charge in [-0.25, -0.2) is 5.90 Å². The molecule has 0 aromatic carbocycles. The molecule has 0 aliphatic carbocycles. The minimum Gasteiger partial charge on any atom is -0.376 e. The molecule has 0 aromatic heterocycles. The topological polar surface area (TPSA) is 81.5 Å². The molecule has 0 bridgehead atoms. The molecule has 0 amide bonds. The van der Waals surface area contributed by atoms with E-state index in [0.717, 1.165) is 0 Å². The summed E-state index contributed by atoms with van der Waals surface area (Å²) in [7, 11) is 0. The zero-order valence-corrected chi connectivity index (χ0v) is 4.16. The molecule has 0 rings (SSSR count). The Morgan fingerprint density at radius 1 is 1.71 bits per heavy atom. The molecule has 44 valence electrons. The van der Waals surface area contributed by atoms with Crippen LogP contribution in [-0.2, 0) is 4.84 Å². The van der Waals surface area contributed by atoms with Crippen molar-refractivity contribution in [1.29, 1.82) is 0 Å². The fourth-order valence-corrected chi connectivity index (χ4v) is 0.0805. The molecule has 4 heteroatoms. The van der Waals surface area contributed by atoms with E-state index in [1.165, 1.54) is 0 Å². The summed E-state index contributed by atoms with van der Waals surface area (Å²) in [5.41, 5.74) is 4.90. The van der Waals surface area contributed by atoms with Crippen molar-refractivity contribution in [2.75, 3.05) is 0 Å². The monoisotopic (exact) mass is 106 g/mol. The van der Waals surface area contributed by atoms with E-state index in [1.54, 1.807) is 6.92 Å². The van der Waals surface area contributed by atoms with Gasteiger partial charge in [-0.2, -0.15) is 0 Å². The van der Waals surface area contributed by atoms with Crippen LogP contribution in [0.5, 0.6) is 0 Å². The van der Waals surface area contributed by atoms with E-state index in [1.807, 2.05) is 0 Å². The van der Waals surface area contributed by atoms with Crippen LogP contribution in [-0.4, -0.2) is 17.4 Å². The van der Waals surface area contributed by atoms with Crippen LogP contribution in [0.1, 0.15) is 6.92 Å². The van der Waals surface area contributed by atoms with Crippen molar-refractivity contribution in [3.8, 4) is 0 Å². The van der Waals surface area contributed by atoms with E-state index in [0.29, 0.717) is 0 Å². The second kappa shape index (κ2) is 2.92. The predicted molar refractivity (Wildman–Crippen MR) is 24.9 cm³/mol. The van der Waals surface area contributed by atoms with Crippen LogP contribution >= 0.6 is 0 Å². The largest absolute Gasteiger partial charge is 0.376 e. The van der Waals surface area contributed by atoms with Gasteiger partial charge in [0.25, 0.3) is 0 Å². The van der Waals surface area contributed by atoms with E-state index in [9.17, 15) is 0 Å². The maximum Gasteiger partial charge on any atom is 0.130 e. The van der Waals surface area contributed by atoms with Crippen molar-refractivity contribution in [1.82, 2.24) is 0 Å². The molecular formula is C3H10N2O2. The first-order valence-corrected chi connectivity index (χ1v) is 1.97. The molecule has 0 fully saturated rings. The van der Waals surface area contributed by atoms with Crippen LogP contribution in [0.2, 0.25) is 0 Å². The van der Waals surface area contributed by atoms with Crippen molar-refractivity contribution < 1.29 is 9.94 Å². The Bertz CT molecular complexity index is 48.2. The Balaban J connectivity index is 3.14. The molecule has 0 radical (unpaired) electrons. The number of aliphatic hydroxyl groups excluding tert-OH is 1. The van der Waals surface area contributed by atoms with Gasteiger partial charge >= 0.3 is 0 Å². The lowest BCUT2D eigenvalue weighted by Crippen LogP contribution is -2.35. The van der Waals surface area contributed by atoms with E-state index in [-0.39, 0.29) is 0 Å².